The minimum atomic E-state index is -0.542. The standard InChI is InChI=1S/C27H21FIN3O7S/c1-2-38-22-12-17(11-21(29)25(22)39-15-24(33)30-19-8-6-18(28)7-9-19)13-23-26(34)31(27(35)40-23)14-16-4-3-5-20(10-16)32(36)37/h3-13H,2,14-15H2,1H3,(H,30,33). The number of nitrogens with zero attached hydrogens (tertiary/aromatic N) is 2. The van der Waals surface area contributed by atoms with Crippen LogP contribution in [0.4, 0.5) is 20.6 Å². The van der Waals surface area contributed by atoms with Crippen LogP contribution >= 0.6 is 34.4 Å². The van der Waals surface area contributed by atoms with Crippen LogP contribution in [0.1, 0.15) is 18.1 Å². The molecule has 3 aromatic rings. The first-order valence-electron chi connectivity index (χ1n) is 11.8. The number of ether oxygens (including phenoxy) is 2. The van der Waals surface area contributed by atoms with Crippen LogP contribution < -0.4 is 14.8 Å². The number of hydrogen-bond donors (Lipinski definition) is 1. The molecule has 1 saturated heterocycles. The molecule has 13 heteroatoms. The van der Waals surface area contributed by atoms with Crippen LogP contribution in [0, 0.1) is 19.5 Å². The number of nitro groups is 1. The molecule has 40 heavy (non-hydrogen) atoms. The molecule has 10 nitrogen and oxygen atoms in total. The van der Waals surface area contributed by atoms with E-state index >= 15 is 0 Å². The lowest BCUT2D eigenvalue weighted by atomic mass is 10.1. The summed E-state index contributed by atoms with van der Waals surface area (Å²) in [7, 11) is 0. The van der Waals surface area contributed by atoms with E-state index < -0.39 is 27.8 Å². The van der Waals surface area contributed by atoms with E-state index in [9.17, 15) is 28.9 Å². The van der Waals surface area contributed by atoms with Gasteiger partial charge in [-0.15, -0.1) is 0 Å². The Morgan fingerprint density at radius 3 is 2.60 bits per heavy atom. The second-order valence-corrected chi connectivity index (χ2v) is 10.5. The van der Waals surface area contributed by atoms with Gasteiger partial charge in [0.2, 0.25) is 0 Å². The molecule has 1 aliphatic heterocycles. The van der Waals surface area contributed by atoms with Crippen LogP contribution in [0.15, 0.2) is 65.6 Å². The van der Waals surface area contributed by atoms with Crippen molar-refractivity contribution in [3.8, 4) is 11.5 Å². The fourth-order valence-electron chi connectivity index (χ4n) is 3.68. The molecule has 0 aliphatic carbocycles. The number of benzene rings is 3. The van der Waals surface area contributed by atoms with Gasteiger partial charge in [-0.3, -0.25) is 29.4 Å². The number of nitro benzene ring substituents is 1. The molecule has 206 valence electrons. The highest BCUT2D eigenvalue weighted by molar-refractivity contribution is 14.1. The SMILES string of the molecule is CCOc1cc(C=C2SC(=O)N(Cc3cccc([N+](=O)[O-])c3)C2=O)cc(I)c1OCC(=O)Nc1ccc(F)cc1. The highest BCUT2D eigenvalue weighted by Crippen LogP contribution is 2.38. The van der Waals surface area contributed by atoms with E-state index in [1.54, 1.807) is 31.2 Å². The zero-order valence-electron chi connectivity index (χ0n) is 20.9. The lowest BCUT2D eigenvalue weighted by Crippen LogP contribution is -2.27. The molecule has 3 amide bonds. The average Bonchev–Trinajstić information content (AvgIpc) is 3.17. The van der Waals surface area contributed by atoms with Crippen LogP contribution in [0.5, 0.6) is 11.5 Å². The van der Waals surface area contributed by atoms with E-state index in [1.807, 2.05) is 22.6 Å². The molecule has 1 fully saturated rings. The maximum absolute atomic E-state index is 13.1. The van der Waals surface area contributed by atoms with Gasteiger partial charge in [-0.25, -0.2) is 4.39 Å². The molecule has 0 aromatic heterocycles. The molecule has 0 bridgehead atoms. The Bertz CT molecular complexity index is 1510. The van der Waals surface area contributed by atoms with Crippen LogP contribution in [0.3, 0.4) is 0 Å². The van der Waals surface area contributed by atoms with Gasteiger partial charge in [-0.1, -0.05) is 12.1 Å². The molecular formula is C27H21FIN3O7S. The monoisotopic (exact) mass is 677 g/mol. The van der Waals surface area contributed by atoms with Crippen LogP contribution in [0.25, 0.3) is 6.08 Å². The molecule has 1 N–H and O–H groups in total. The quantitative estimate of drug-likeness (QED) is 0.120. The van der Waals surface area contributed by atoms with E-state index in [1.165, 1.54) is 42.5 Å². The average molecular weight is 677 g/mol. The first kappa shape index (κ1) is 29.0. The summed E-state index contributed by atoms with van der Waals surface area (Å²) in [6.07, 6.45) is 1.55. The summed E-state index contributed by atoms with van der Waals surface area (Å²) in [4.78, 5) is 49.7. The number of nitrogens with one attached hydrogen (secondary N) is 1. The number of non-ortho nitro benzene ring substituents is 1. The predicted molar refractivity (Wildman–Crippen MR) is 155 cm³/mol. The van der Waals surface area contributed by atoms with Crippen LogP contribution in [-0.2, 0) is 16.1 Å². The molecule has 1 heterocycles. The molecule has 0 spiro atoms. The second-order valence-electron chi connectivity index (χ2n) is 8.30. The maximum Gasteiger partial charge on any atom is 0.293 e. The minimum Gasteiger partial charge on any atom is -0.490 e. The Morgan fingerprint density at radius 2 is 1.90 bits per heavy atom. The minimum absolute atomic E-state index is 0.0990. The normalized spacial score (nSPS) is 14.0. The Kier molecular flexibility index (Phi) is 9.37. The number of thioether (sulfide) groups is 1. The molecule has 0 radical (unpaired) electrons. The van der Waals surface area contributed by atoms with E-state index in [2.05, 4.69) is 5.32 Å². The molecule has 0 saturated carbocycles. The summed E-state index contributed by atoms with van der Waals surface area (Å²) in [5, 5.41) is 13.2. The Morgan fingerprint density at radius 1 is 1.15 bits per heavy atom. The van der Waals surface area contributed by atoms with E-state index in [4.69, 9.17) is 9.47 Å². The van der Waals surface area contributed by atoms with Gasteiger partial charge in [0.1, 0.15) is 5.82 Å². The van der Waals surface area contributed by atoms with E-state index in [-0.39, 0.29) is 23.7 Å². The lowest BCUT2D eigenvalue weighted by Gasteiger charge is -2.15. The Hall–Kier alpha value is -3.98. The first-order chi connectivity index (χ1) is 19.1. The van der Waals surface area contributed by atoms with Crippen molar-refractivity contribution in [1.29, 1.82) is 0 Å². The van der Waals surface area contributed by atoms with Gasteiger partial charge >= 0.3 is 0 Å². The number of imide groups is 1. The summed E-state index contributed by atoms with van der Waals surface area (Å²) < 4.78 is 25.1. The van der Waals surface area contributed by atoms with Crippen molar-refractivity contribution in [2.75, 3.05) is 18.5 Å². The molecule has 1 aliphatic rings. The van der Waals surface area contributed by atoms with E-state index in [0.29, 0.717) is 38.5 Å². The number of rotatable bonds is 10. The van der Waals surface area contributed by atoms with E-state index in [0.717, 1.165) is 16.7 Å². The summed E-state index contributed by atoms with van der Waals surface area (Å²) in [5.41, 5.74) is 1.31. The fraction of sp³-hybridized carbons (Fsp3) is 0.148. The zero-order valence-corrected chi connectivity index (χ0v) is 23.9. The number of amides is 3. The van der Waals surface area contributed by atoms with Crippen molar-refractivity contribution < 1.29 is 33.2 Å². The lowest BCUT2D eigenvalue weighted by molar-refractivity contribution is -0.384. The highest BCUT2D eigenvalue weighted by Gasteiger charge is 2.35. The fourth-order valence-corrected chi connectivity index (χ4v) is 5.30. The number of halogens is 2. The van der Waals surface area contributed by atoms with Crippen LogP contribution in [-0.4, -0.2) is 40.1 Å². The van der Waals surface area contributed by atoms with Crippen molar-refractivity contribution in [3.05, 3.63) is 96.2 Å². The van der Waals surface area contributed by atoms with Gasteiger partial charge in [0, 0.05) is 17.8 Å². The molecular weight excluding hydrogens is 656 g/mol. The van der Waals surface area contributed by atoms with Gasteiger partial charge in [-0.05, 0) is 94.9 Å². The van der Waals surface area contributed by atoms with Gasteiger partial charge in [0.15, 0.2) is 18.1 Å². The summed E-state index contributed by atoms with van der Waals surface area (Å²) in [5.74, 6) is -0.727. The topological polar surface area (TPSA) is 128 Å². The largest absolute Gasteiger partial charge is 0.490 e. The van der Waals surface area contributed by atoms with Gasteiger partial charge in [0.25, 0.3) is 22.7 Å². The van der Waals surface area contributed by atoms with Gasteiger partial charge in [-0.2, -0.15) is 0 Å². The van der Waals surface area contributed by atoms with Crippen LogP contribution in [0.2, 0.25) is 0 Å². The van der Waals surface area contributed by atoms with Crippen molar-refractivity contribution in [3.63, 3.8) is 0 Å². The number of carbonyl (C=O) groups is 3. The summed E-state index contributed by atoms with van der Waals surface area (Å²) in [6, 6.07) is 14.4. The van der Waals surface area contributed by atoms with Crippen molar-refractivity contribution in [2.24, 2.45) is 0 Å². The Balaban J connectivity index is 1.49. The highest BCUT2D eigenvalue weighted by atomic mass is 127. The number of anilines is 1. The van der Waals surface area contributed by atoms with Crippen molar-refractivity contribution >= 4 is 68.9 Å². The van der Waals surface area contributed by atoms with Crippen molar-refractivity contribution in [2.45, 2.75) is 13.5 Å². The number of hydrogen-bond acceptors (Lipinski definition) is 8. The third kappa shape index (κ3) is 7.15. The third-order valence-electron chi connectivity index (χ3n) is 5.44. The Labute approximate surface area is 245 Å². The molecule has 3 aromatic carbocycles. The zero-order chi connectivity index (χ0) is 28.8. The smallest absolute Gasteiger partial charge is 0.293 e. The second kappa shape index (κ2) is 12.9. The first-order valence-corrected chi connectivity index (χ1v) is 13.7. The summed E-state index contributed by atoms with van der Waals surface area (Å²) in [6.45, 7) is 1.66. The summed E-state index contributed by atoms with van der Waals surface area (Å²) >= 11 is 2.78. The van der Waals surface area contributed by atoms with Gasteiger partial charge in [0.05, 0.1) is 26.6 Å². The predicted octanol–water partition coefficient (Wildman–Crippen LogP) is 5.99. The van der Waals surface area contributed by atoms with Gasteiger partial charge < -0.3 is 14.8 Å². The number of carbonyl (C=O) groups excluding carboxylic acids is 3. The molecule has 4 rings (SSSR count). The molecule has 0 atom stereocenters. The third-order valence-corrected chi connectivity index (χ3v) is 7.15. The molecule has 0 unspecified atom stereocenters. The van der Waals surface area contributed by atoms with Crippen molar-refractivity contribution in [1.82, 2.24) is 4.90 Å². The maximum atomic E-state index is 13.1.